The van der Waals surface area contributed by atoms with Crippen LogP contribution in [-0.2, 0) is 11.3 Å². The van der Waals surface area contributed by atoms with E-state index >= 15 is 0 Å². The van der Waals surface area contributed by atoms with Crippen molar-refractivity contribution < 1.29 is 9.53 Å². The Hall–Kier alpha value is -2.21. The molecule has 1 aromatic heterocycles. The van der Waals surface area contributed by atoms with E-state index in [9.17, 15) is 4.79 Å². The first-order chi connectivity index (χ1) is 11.2. The zero-order valence-corrected chi connectivity index (χ0v) is 13.4. The quantitative estimate of drug-likeness (QED) is 0.829. The SMILES string of the molecule is CCCOC(=O)c1cccc(-n2nnc(CN)c2C2CCC2)c1. The number of esters is 1. The molecule has 0 radical (unpaired) electrons. The fourth-order valence-electron chi connectivity index (χ4n) is 2.79. The van der Waals surface area contributed by atoms with Crippen molar-refractivity contribution >= 4 is 5.97 Å². The predicted octanol–water partition coefficient (Wildman–Crippen LogP) is 2.56. The van der Waals surface area contributed by atoms with Crippen LogP contribution in [0.15, 0.2) is 24.3 Å². The van der Waals surface area contributed by atoms with Gasteiger partial charge in [-0.3, -0.25) is 0 Å². The van der Waals surface area contributed by atoms with Crippen molar-refractivity contribution in [1.29, 1.82) is 0 Å². The Morgan fingerprint density at radius 3 is 2.91 bits per heavy atom. The molecule has 6 heteroatoms. The Labute approximate surface area is 135 Å². The van der Waals surface area contributed by atoms with E-state index in [0.29, 0.717) is 24.6 Å². The number of rotatable bonds is 6. The lowest BCUT2D eigenvalue weighted by molar-refractivity contribution is 0.0505. The molecule has 0 unspecified atom stereocenters. The van der Waals surface area contributed by atoms with Crippen LogP contribution in [0.4, 0.5) is 0 Å². The zero-order valence-electron chi connectivity index (χ0n) is 13.4. The third-order valence-electron chi connectivity index (χ3n) is 4.23. The average Bonchev–Trinajstić information content (AvgIpc) is 2.94. The van der Waals surface area contributed by atoms with E-state index in [-0.39, 0.29) is 5.97 Å². The average molecular weight is 314 g/mol. The van der Waals surface area contributed by atoms with Crippen molar-refractivity contribution in [3.8, 4) is 5.69 Å². The molecule has 6 nitrogen and oxygen atoms in total. The Morgan fingerprint density at radius 2 is 2.26 bits per heavy atom. The Bertz CT molecular complexity index is 692. The lowest BCUT2D eigenvalue weighted by atomic mass is 9.82. The van der Waals surface area contributed by atoms with Gasteiger partial charge in [0.1, 0.15) is 5.69 Å². The van der Waals surface area contributed by atoms with Crippen LogP contribution in [0.3, 0.4) is 0 Å². The Kier molecular flexibility index (Phi) is 4.71. The number of carbonyl (C=O) groups excluding carboxylic acids is 1. The van der Waals surface area contributed by atoms with E-state index in [0.717, 1.165) is 36.3 Å². The first-order valence-electron chi connectivity index (χ1n) is 8.16. The molecular formula is C17H22N4O2. The first-order valence-corrected chi connectivity index (χ1v) is 8.16. The van der Waals surface area contributed by atoms with Gasteiger partial charge in [0.25, 0.3) is 0 Å². The number of hydrogen-bond acceptors (Lipinski definition) is 5. The molecule has 0 atom stereocenters. The molecule has 1 aliphatic carbocycles. The van der Waals surface area contributed by atoms with E-state index in [4.69, 9.17) is 10.5 Å². The second-order valence-electron chi connectivity index (χ2n) is 5.85. The van der Waals surface area contributed by atoms with E-state index in [1.807, 2.05) is 23.7 Å². The van der Waals surface area contributed by atoms with Gasteiger partial charge < -0.3 is 10.5 Å². The third kappa shape index (κ3) is 3.12. The van der Waals surface area contributed by atoms with Crippen LogP contribution in [0.25, 0.3) is 5.69 Å². The Balaban J connectivity index is 1.93. The van der Waals surface area contributed by atoms with Crippen LogP contribution in [0.2, 0.25) is 0 Å². The van der Waals surface area contributed by atoms with Crippen molar-refractivity contribution in [2.45, 2.75) is 45.1 Å². The van der Waals surface area contributed by atoms with Gasteiger partial charge in [-0.15, -0.1) is 5.10 Å². The molecule has 1 fully saturated rings. The summed E-state index contributed by atoms with van der Waals surface area (Å²) in [7, 11) is 0. The van der Waals surface area contributed by atoms with Gasteiger partial charge in [-0.25, -0.2) is 9.48 Å². The van der Waals surface area contributed by atoms with Gasteiger partial charge >= 0.3 is 5.97 Å². The normalized spacial score (nSPS) is 14.5. The number of nitrogens with zero attached hydrogens (tertiary/aromatic N) is 3. The van der Waals surface area contributed by atoms with E-state index < -0.39 is 0 Å². The number of ether oxygens (including phenoxy) is 1. The van der Waals surface area contributed by atoms with Gasteiger partial charge in [-0.05, 0) is 37.5 Å². The van der Waals surface area contributed by atoms with Gasteiger partial charge in [0.2, 0.25) is 0 Å². The topological polar surface area (TPSA) is 83.0 Å². The number of aromatic nitrogens is 3. The molecule has 0 amide bonds. The van der Waals surface area contributed by atoms with Crippen LogP contribution in [-0.4, -0.2) is 27.6 Å². The smallest absolute Gasteiger partial charge is 0.338 e. The van der Waals surface area contributed by atoms with Gasteiger partial charge in [-0.1, -0.05) is 24.6 Å². The Morgan fingerprint density at radius 1 is 1.43 bits per heavy atom. The van der Waals surface area contributed by atoms with Gasteiger partial charge in [0, 0.05) is 12.5 Å². The van der Waals surface area contributed by atoms with Crippen LogP contribution in [0.1, 0.15) is 60.3 Å². The second-order valence-corrected chi connectivity index (χ2v) is 5.85. The molecule has 2 N–H and O–H groups in total. The molecule has 1 aromatic carbocycles. The number of carbonyl (C=O) groups is 1. The fourth-order valence-corrected chi connectivity index (χ4v) is 2.79. The summed E-state index contributed by atoms with van der Waals surface area (Å²) < 4.78 is 7.02. The van der Waals surface area contributed by atoms with Crippen molar-refractivity contribution in [1.82, 2.24) is 15.0 Å². The minimum atomic E-state index is -0.307. The maximum Gasteiger partial charge on any atom is 0.338 e. The molecule has 23 heavy (non-hydrogen) atoms. The van der Waals surface area contributed by atoms with E-state index in [1.165, 1.54) is 6.42 Å². The molecule has 1 aliphatic rings. The summed E-state index contributed by atoms with van der Waals surface area (Å²) in [6.07, 6.45) is 4.31. The largest absolute Gasteiger partial charge is 0.462 e. The molecule has 1 heterocycles. The van der Waals surface area contributed by atoms with Crippen LogP contribution in [0, 0.1) is 0 Å². The fraction of sp³-hybridized carbons (Fsp3) is 0.471. The molecule has 3 rings (SSSR count). The summed E-state index contributed by atoms with van der Waals surface area (Å²) in [5.74, 6) is 0.150. The summed E-state index contributed by atoms with van der Waals surface area (Å²) in [5.41, 5.74) is 9.08. The maximum atomic E-state index is 12.0. The van der Waals surface area contributed by atoms with Crippen LogP contribution in [0.5, 0.6) is 0 Å². The third-order valence-corrected chi connectivity index (χ3v) is 4.23. The van der Waals surface area contributed by atoms with Gasteiger partial charge in [0.15, 0.2) is 0 Å². The zero-order chi connectivity index (χ0) is 16.2. The molecule has 1 saturated carbocycles. The van der Waals surface area contributed by atoms with Crippen molar-refractivity contribution in [3.63, 3.8) is 0 Å². The molecule has 122 valence electrons. The summed E-state index contributed by atoms with van der Waals surface area (Å²) in [4.78, 5) is 12.0. The predicted molar refractivity (Wildman–Crippen MR) is 86.4 cm³/mol. The summed E-state index contributed by atoms with van der Waals surface area (Å²) >= 11 is 0. The molecule has 0 spiro atoms. The molecule has 0 saturated heterocycles. The van der Waals surface area contributed by atoms with Crippen LogP contribution >= 0.6 is 0 Å². The minimum absolute atomic E-state index is 0.307. The lowest BCUT2D eigenvalue weighted by Crippen LogP contribution is -2.17. The van der Waals surface area contributed by atoms with Gasteiger partial charge in [0.05, 0.1) is 23.6 Å². The van der Waals surface area contributed by atoms with Gasteiger partial charge in [-0.2, -0.15) is 0 Å². The molecule has 0 bridgehead atoms. The van der Waals surface area contributed by atoms with Crippen molar-refractivity contribution in [2.75, 3.05) is 6.61 Å². The highest BCUT2D eigenvalue weighted by Gasteiger charge is 2.27. The molecule has 2 aromatic rings. The van der Waals surface area contributed by atoms with E-state index in [1.54, 1.807) is 12.1 Å². The lowest BCUT2D eigenvalue weighted by Gasteiger charge is -2.26. The number of benzene rings is 1. The van der Waals surface area contributed by atoms with Crippen molar-refractivity contribution in [2.24, 2.45) is 5.73 Å². The summed E-state index contributed by atoms with van der Waals surface area (Å²) in [5, 5.41) is 8.47. The highest BCUT2D eigenvalue weighted by molar-refractivity contribution is 5.90. The number of nitrogens with two attached hydrogens (primary N) is 1. The highest BCUT2D eigenvalue weighted by Crippen LogP contribution is 2.38. The summed E-state index contributed by atoms with van der Waals surface area (Å²) in [6.45, 7) is 2.78. The highest BCUT2D eigenvalue weighted by atomic mass is 16.5. The standard InChI is InChI=1S/C17H22N4O2/c1-2-9-23-17(22)13-7-4-8-14(10-13)21-16(12-5-3-6-12)15(11-18)19-20-21/h4,7-8,10,12H,2-3,5-6,9,11,18H2,1H3. The molecule has 0 aliphatic heterocycles. The monoisotopic (exact) mass is 314 g/mol. The maximum absolute atomic E-state index is 12.0. The summed E-state index contributed by atoms with van der Waals surface area (Å²) in [6, 6.07) is 7.32. The van der Waals surface area contributed by atoms with Crippen LogP contribution < -0.4 is 5.73 Å². The molecular weight excluding hydrogens is 292 g/mol. The number of hydrogen-bond donors (Lipinski definition) is 1. The second kappa shape index (κ2) is 6.91. The van der Waals surface area contributed by atoms with E-state index in [2.05, 4.69) is 10.3 Å². The minimum Gasteiger partial charge on any atom is -0.462 e. The van der Waals surface area contributed by atoms with Crippen molar-refractivity contribution in [3.05, 3.63) is 41.2 Å². The first kappa shape index (κ1) is 15.7.